The summed E-state index contributed by atoms with van der Waals surface area (Å²) in [6.07, 6.45) is 0. The third-order valence-electron chi connectivity index (χ3n) is 2.30. The molecule has 0 aromatic heterocycles. The highest BCUT2D eigenvalue weighted by atomic mass is 35.7. The van der Waals surface area contributed by atoms with Crippen LogP contribution in [0.2, 0.25) is 0 Å². The van der Waals surface area contributed by atoms with E-state index in [1.54, 1.807) is 0 Å². The highest BCUT2D eigenvalue weighted by molar-refractivity contribution is 8.13. The van der Waals surface area contributed by atoms with Crippen LogP contribution in [0.5, 0.6) is 0 Å². The monoisotopic (exact) mass is 296 g/mol. The fourth-order valence-corrected chi connectivity index (χ4v) is 3.52. The maximum Gasteiger partial charge on any atom is 0.301 e. The lowest BCUT2D eigenvalue weighted by Gasteiger charge is -2.15. The van der Waals surface area contributed by atoms with E-state index in [-0.39, 0.29) is 4.90 Å². The maximum atomic E-state index is 11.5. The van der Waals surface area contributed by atoms with Crippen LogP contribution in [0.4, 0.5) is 5.69 Å². The second-order valence-corrected chi connectivity index (χ2v) is 7.65. The molecule has 1 fully saturated rings. The number of halogens is 1. The molecule has 1 aromatic rings. The molecule has 17 heavy (non-hydrogen) atoms. The Morgan fingerprint density at radius 3 is 2.24 bits per heavy atom. The molecule has 1 aromatic carbocycles. The number of nitrogens with one attached hydrogen (secondary N) is 1. The van der Waals surface area contributed by atoms with Gasteiger partial charge in [-0.1, -0.05) is 0 Å². The van der Waals surface area contributed by atoms with Crippen LogP contribution in [0.1, 0.15) is 0 Å². The molecular formula is C8H9ClN2O4S2. The molecule has 0 amide bonds. The van der Waals surface area contributed by atoms with Crippen LogP contribution < -0.4 is 9.03 Å². The molecule has 1 aliphatic heterocycles. The van der Waals surface area contributed by atoms with Crippen molar-refractivity contribution in [2.75, 3.05) is 17.4 Å². The van der Waals surface area contributed by atoms with Gasteiger partial charge in [-0.05, 0) is 24.3 Å². The van der Waals surface area contributed by atoms with Gasteiger partial charge in [0.2, 0.25) is 0 Å². The summed E-state index contributed by atoms with van der Waals surface area (Å²) in [4.78, 5) is -0.0625. The molecule has 0 radical (unpaired) electrons. The molecule has 1 heterocycles. The molecule has 0 atom stereocenters. The van der Waals surface area contributed by atoms with E-state index in [1.165, 1.54) is 24.3 Å². The standard InChI is InChI=1S/C8H9ClN2O4S2/c9-16(12,13)8-3-1-7(2-4-8)11-6-5-10-17(11,14)15/h1-4,10H,5-6H2. The molecule has 0 bridgehead atoms. The molecule has 6 nitrogen and oxygen atoms in total. The summed E-state index contributed by atoms with van der Waals surface area (Å²) < 4.78 is 48.6. The van der Waals surface area contributed by atoms with Crippen molar-refractivity contribution < 1.29 is 16.8 Å². The van der Waals surface area contributed by atoms with Gasteiger partial charge in [0.25, 0.3) is 9.05 Å². The van der Waals surface area contributed by atoms with Gasteiger partial charge in [-0.15, -0.1) is 0 Å². The van der Waals surface area contributed by atoms with Gasteiger partial charge in [0.05, 0.1) is 10.6 Å². The Hall–Kier alpha value is -0.830. The molecule has 1 N–H and O–H groups in total. The van der Waals surface area contributed by atoms with Crippen molar-refractivity contribution in [1.29, 1.82) is 0 Å². The quantitative estimate of drug-likeness (QED) is 0.794. The largest absolute Gasteiger partial charge is 0.301 e. The number of hydrogen-bond donors (Lipinski definition) is 1. The maximum absolute atomic E-state index is 11.5. The lowest BCUT2D eigenvalue weighted by Crippen LogP contribution is -2.29. The van der Waals surface area contributed by atoms with Crippen LogP contribution >= 0.6 is 10.7 Å². The SMILES string of the molecule is O=S(=O)(Cl)c1ccc(N2CCNS2(=O)=O)cc1. The van der Waals surface area contributed by atoms with Crippen LogP contribution in [0, 0.1) is 0 Å². The fraction of sp³-hybridized carbons (Fsp3) is 0.250. The van der Waals surface area contributed by atoms with Crippen LogP contribution in [-0.4, -0.2) is 29.9 Å². The third kappa shape index (κ3) is 2.54. The second-order valence-electron chi connectivity index (χ2n) is 3.40. The van der Waals surface area contributed by atoms with Crippen LogP contribution in [0.15, 0.2) is 29.2 Å². The lowest BCUT2D eigenvalue weighted by atomic mass is 10.3. The fourth-order valence-electron chi connectivity index (χ4n) is 1.52. The lowest BCUT2D eigenvalue weighted by molar-refractivity contribution is 0.591. The molecule has 0 saturated carbocycles. The molecule has 1 saturated heterocycles. The molecule has 9 heteroatoms. The second kappa shape index (κ2) is 4.13. The van der Waals surface area contributed by atoms with Crippen molar-refractivity contribution in [2.24, 2.45) is 0 Å². The van der Waals surface area contributed by atoms with Gasteiger partial charge < -0.3 is 0 Å². The molecule has 94 valence electrons. The highest BCUT2D eigenvalue weighted by Crippen LogP contribution is 2.23. The Morgan fingerprint density at radius 1 is 1.24 bits per heavy atom. The number of anilines is 1. The minimum Gasteiger partial charge on any atom is -0.257 e. The minimum absolute atomic E-state index is 0.0625. The Labute approximate surface area is 104 Å². The van der Waals surface area contributed by atoms with Gasteiger partial charge in [0, 0.05) is 23.8 Å². The molecule has 0 spiro atoms. The summed E-state index contributed by atoms with van der Waals surface area (Å²) >= 11 is 0. The van der Waals surface area contributed by atoms with E-state index in [4.69, 9.17) is 10.7 Å². The average molecular weight is 297 g/mol. The van der Waals surface area contributed by atoms with Gasteiger partial charge in [0.15, 0.2) is 0 Å². The van der Waals surface area contributed by atoms with Crippen LogP contribution in [0.3, 0.4) is 0 Å². The van der Waals surface area contributed by atoms with Crippen molar-refractivity contribution >= 4 is 35.6 Å². The van der Waals surface area contributed by atoms with E-state index >= 15 is 0 Å². The van der Waals surface area contributed by atoms with E-state index in [0.29, 0.717) is 18.8 Å². The van der Waals surface area contributed by atoms with Crippen molar-refractivity contribution in [2.45, 2.75) is 4.90 Å². The Morgan fingerprint density at radius 2 is 1.82 bits per heavy atom. The van der Waals surface area contributed by atoms with E-state index in [9.17, 15) is 16.8 Å². The van der Waals surface area contributed by atoms with E-state index in [0.717, 1.165) is 4.31 Å². The summed E-state index contributed by atoms with van der Waals surface area (Å²) in [5, 5.41) is 0. The summed E-state index contributed by atoms with van der Waals surface area (Å²) in [5.74, 6) is 0. The van der Waals surface area contributed by atoms with Crippen molar-refractivity contribution in [3.63, 3.8) is 0 Å². The van der Waals surface area contributed by atoms with Gasteiger partial charge in [-0.2, -0.15) is 13.1 Å². The first-order chi connectivity index (χ1) is 7.81. The first kappa shape index (κ1) is 12.6. The molecule has 1 aliphatic rings. The topological polar surface area (TPSA) is 83.6 Å². The average Bonchev–Trinajstić information content (AvgIpc) is 2.57. The Bertz CT molecular complexity index is 624. The van der Waals surface area contributed by atoms with Gasteiger partial charge in [-0.3, -0.25) is 4.31 Å². The summed E-state index contributed by atoms with van der Waals surface area (Å²) in [6, 6.07) is 5.34. The third-order valence-corrected chi connectivity index (χ3v) is 5.21. The summed E-state index contributed by atoms with van der Waals surface area (Å²) in [5.41, 5.74) is 0.402. The van der Waals surface area contributed by atoms with Crippen molar-refractivity contribution in [3.8, 4) is 0 Å². The number of nitrogens with zero attached hydrogens (tertiary/aromatic N) is 1. The molecule has 2 rings (SSSR count). The van der Waals surface area contributed by atoms with Crippen molar-refractivity contribution in [1.82, 2.24) is 4.72 Å². The molecule has 0 aliphatic carbocycles. The molecular weight excluding hydrogens is 288 g/mol. The number of hydrogen-bond acceptors (Lipinski definition) is 4. The molecule has 0 unspecified atom stereocenters. The highest BCUT2D eigenvalue weighted by Gasteiger charge is 2.27. The first-order valence-electron chi connectivity index (χ1n) is 4.63. The van der Waals surface area contributed by atoms with Crippen LogP contribution in [-0.2, 0) is 19.3 Å². The Balaban J connectivity index is 2.37. The zero-order valence-corrected chi connectivity index (χ0v) is 10.9. The van der Waals surface area contributed by atoms with Gasteiger partial charge in [-0.25, -0.2) is 8.42 Å². The number of benzene rings is 1. The predicted octanol–water partition coefficient (Wildman–Crippen LogP) is 0.269. The van der Waals surface area contributed by atoms with E-state index in [2.05, 4.69) is 4.72 Å². The zero-order chi connectivity index (χ0) is 12.7. The Kier molecular flexibility index (Phi) is 3.06. The predicted molar refractivity (Wildman–Crippen MR) is 63.7 cm³/mol. The summed E-state index contributed by atoms with van der Waals surface area (Å²) in [6.45, 7) is 0.646. The number of rotatable bonds is 2. The van der Waals surface area contributed by atoms with Crippen LogP contribution in [0.25, 0.3) is 0 Å². The van der Waals surface area contributed by atoms with E-state index in [1.807, 2.05) is 0 Å². The van der Waals surface area contributed by atoms with Gasteiger partial charge >= 0.3 is 10.2 Å². The zero-order valence-electron chi connectivity index (χ0n) is 8.50. The van der Waals surface area contributed by atoms with Crippen molar-refractivity contribution in [3.05, 3.63) is 24.3 Å². The van der Waals surface area contributed by atoms with E-state index < -0.39 is 19.3 Å². The normalized spacial score (nSPS) is 19.5. The van der Waals surface area contributed by atoms with Gasteiger partial charge in [0.1, 0.15) is 0 Å². The summed E-state index contributed by atoms with van der Waals surface area (Å²) in [7, 11) is -2.12. The first-order valence-corrected chi connectivity index (χ1v) is 8.38. The smallest absolute Gasteiger partial charge is 0.257 e. The minimum atomic E-state index is -3.78.